The number of halogens is 5. The maximum absolute atomic E-state index is 14.5. The molecule has 2 aromatic heterocycles. The van der Waals surface area contributed by atoms with E-state index in [1.165, 1.54) is 6.20 Å². The molecule has 190 valence electrons. The van der Waals surface area contributed by atoms with E-state index in [9.17, 15) is 26.7 Å². The Labute approximate surface area is 203 Å². The van der Waals surface area contributed by atoms with Gasteiger partial charge in [0.1, 0.15) is 34.6 Å². The van der Waals surface area contributed by atoms with Crippen molar-refractivity contribution in [2.75, 3.05) is 5.32 Å². The number of alkyl halides is 2. The lowest BCUT2D eigenvalue weighted by atomic mass is 9.76. The number of pyridine rings is 2. The molecule has 1 aliphatic rings. The fourth-order valence-electron chi connectivity index (χ4n) is 4.65. The van der Waals surface area contributed by atoms with Crippen LogP contribution in [0.3, 0.4) is 0 Å². The van der Waals surface area contributed by atoms with E-state index in [0.29, 0.717) is 23.7 Å². The average molecular weight is 506 g/mol. The van der Waals surface area contributed by atoms with Crippen LogP contribution in [0.5, 0.6) is 5.75 Å². The highest BCUT2D eigenvalue weighted by molar-refractivity contribution is 6.03. The molecule has 11 heteroatoms. The highest BCUT2D eigenvalue weighted by Gasteiger charge is 2.28. The van der Waals surface area contributed by atoms with E-state index in [1.807, 2.05) is 0 Å². The topological polar surface area (TPSA) is 90.1 Å². The summed E-state index contributed by atoms with van der Waals surface area (Å²) in [5, 5.41) is 2.69. The van der Waals surface area contributed by atoms with E-state index in [0.717, 1.165) is 37.0 Å². The Hall–Kier alpha value is -3.60. The zero-order chi connectivity index (χ0) is 26.0. The number of benzene rings is 1. The van der Waals surface area contributed by atoms with Crippen LogP contribution in [0.25, 0.3) is 11.3 Å². The van der Waals surface area contributed by atoms with Gasteiger partial charge in [-0.2, -0.15) is 8.78 Å². The number of hydrogen-bond acceptors (Lipinski definition) is 5. The van der Waals surface area contributed by atoms with Gasteiger partial charge < -0.3 is 15.8 Å². The molecule has 0 saturated heterocycles. The summed E-state index contributed by atoms with van der Waals surface area (Å²) in [5.41, 5.74) is 5.42. The number of nitrogens with zero attached hydrogens (tertiary/aromatic N) is 2. The lowest BCUT2D eigenvalue weighted by Crippen LogP contribution is -2.31. The predicted molar refractivity (Wildman–Crippen MR) is 122 cm³/mol. The summed E-state index contributed by atoms with van der Waals surface area (Å²) in [5.74, 6) is -4.91. The number of nitrogens with one attached hydrogen (secondary N) is 1. The van der Waals surface area contributed by atoms with E-state index in [4.69, 9.17) is 5.73 Å². The van der Waals surface area contributed by atoms with Gasteiger partial charge in [-0.15, -0.1) is 0 Å². The van der Waals surface area contributed by atoms with E-state index in [-0.39, 0.29) is 17.7 Å². The van der Waals surface area contributed by atoms with Gasteiger partial charge in [0.15, 0.2) is 0 Å². The molecule has 1 aliphatic carbocycles. The Balaban J connectivity index is 1.63. The molecular weight excluding hydrogens is 483 g/mol. The van der Waals surface area contributed by atoms with Crippen molar-refractivity contribution in [3.8, 4) is 17.0 Å². The number of amides is 1. The van der Waals surface area contributed by atoms with E-state index >= 15 is 0 Å². The number of anilines is 1. The van der Waals surface area contributed by atoms with E-state index in [2.05, 4.69) is 26.9 Å². The molecule has 36 heavy (non-hydrogen) atoms. The monoisotopic (exact) mass is 506 g/mol. The average Bonchev–Trinajstić information content (AvgIpc) is 2.79. The van der Waals surface area contributed by atoms with Gasteiger partial charge in [0, 0.05) is 24.4 Å². The first-order valence-corrected chi connectivity index (χ1v) is 11.2. The second-order valence-corrected chi connectivity index (χ2v) is 8.85. The van der Waals surface area contributed by atoms with Gasteiger partial charge >= 0.3 is 6.61 Å². The number of rotatable bonds is 6. The molecular formula is C25H23F5N4O2. The zero-order valence-electron chi connectivity index (χ0n) is 19.2. The third kappa shape index (κ3) is 5.62. The van der Waals surface area contributed by atoms with Crippen molar-refractivity contribution >= 4 is 11.6 Å². The lowest BCUT2D eigenvalue weighted by molar-refractivity contribution is -0.0501. The molecule has 1 aromatic carbocycles. The van der Waals surface area contributed by atoms with Crippen molar-refractivity contribution in [3.05, 3.63) is 71.4 Å². The highest BCUT2D eigenvalue weighted by Crippen LogP contribution is 2.38. The molecule has 0 bridgehead atoms. The second-order valence-electron chi connectivity index (χ2n) is 8.85. The first-order chi connectivity index (χ1) is 17.1. The molecule has 0 aliphatic heterocycles. The molecule has 3 atom stereocenters. The third-order valence-electron chi connectivity index (χ3n) is 6.08. The summed E-state index contributed by atoms with van der Waals surface area (Å²) in [6, 6.07) is 4.69. The van der Waals surface area contributed by atoms with Gasteiger partial charge in [-0.05, 0) is 54.9 Å². The van der Waals surface area contributed by atoms with Gasteiger partial charge in [0.2, 0.25) is 0 Å². The molecule has 2 heterocycles. The second kappa shape index (κ2) is 10.6. The number of carbonyl (C=O) groups is 1. The first-order valence-electron chi connectivity index (χ1n) is 11.2. The SMILES string of the molecule is C[C@@H]1C[C@H](N)C[C@H](c2ccncc2NC(=O)c2ccc(F)c(-c3c(F)cc(OC(F)F)cc3F)n2)C1. The van der Waals surface area contributed by atoms with Crippen LogP contribution >= 0.6 is 0 Å². The van der Waals surface area contributed by atoms with Gasteiger partial charge in [-0.1, -0.05) is 6.92 Å². The zero-order valence-corrected chi connectivity index (χ0v) is 19.2. The minimum absolute atomic E-state index is 0.0269. The Morgan fingerprint density at radius 1 is 1.08 bits per heavy atom. The van der Waals surface area contributed by atoms with Crippen LogP contribution < -0.4 is 15.8 Å². The number of carbonyl (C=O) groups excluding carboxylic acids is 1. The molecule has 6 nitrogen and oxygen atoms in total. The fourth-order valence-corrected chi connectivity index (χ4v) is 4.65. The summed E-state index contributed by atoms with van der Waals surface area (Å²) < 4.78 is 72.3. The van der Waals surface area contributed by atoms with Gasteiger partial charge in [0.25, 0.3) is 5.91 Å². The van der Waals surface area contributed by atoms with Crippen LogP contribution in [0.1, 0.15) is 48.2 Å². The largest absolute Gasteiger partial charge is 0.435 e. The predicted octanol–water partition coefficient (Wildman–Crippen LogP) is 5.65. The minimum Gasteiger partial charge on any atom is -0.435 e. The Kier molecular flexibility index (Phi) is 7.48. The lowest BCUT2D eigenvalue weighted by Gasteiger charge is -2.32. The summed E-state index contributed by atoms with van der Waals surface area (Å²) in [7, 11) is 0. The van der Waals surface area contributed by atoms with Crippen molar-refractivity contribution in [1.29, 1.82) is 0 Å². The molecule has 0 unspecified atom stereocenters. The summed E-state index contributed by atoms with van der Waals surface area (Å²) >= 11 is 0. The van der Waals surface area contributed by atoms with Crippen LogP contribution in [0.15, 0.2) is 42.7 Å². The Morgan fingerprint density at radius 2 is 1.81 bits per heavy atom. The quantitative estimate of drug-likeness (QED) is 0.422. The van der Waals surface area contributed by atoms with Crippen molar-refractivity contribution in [3.63, 3.8) is 0 Å². The molecule has 1 amide bonds. The van der Waals surface area contributed by atoms with Crippen LogP contribution in [-0.2, 0) is 0 Å². The molecule has 0 spiro atoms. The maximum Gasteiger partial charge on any atom is 0.387 e. The number of hydrogen-bond donors (Lipinski definition) is 2. The maximum atomic E-state index is 14.5. The molecule has 3 aromatic rings. The highest BCUT2D eigenvalue weighted by atomic mass is 19.3. The molecule has 0 radical (unpaired) electrons. The smallest absolute Gasteiger partial charge is 0.387 e. The summed E-state index contributed by atoms with van der Waals surface area (Å²) in [6.45, 7) is -1.19. The molecule has 1 saturated carbocycles. The standard InChI is InChI=1S/C25H23F5N4O2/c1-12-6-13(8-14(31)7-12)16-4-5-32-11-21(16)34-24(35)20-3-2-17(26)23(33-20)22-18(27)9-15(10-19(22)28)36-25(29)30/h2-5,9-14,25H,6-8,31H2,1H3,(H,34,35)/t12-,13+,14-/m0/s1. The minimum atomic E-state index is -3.30. The van der Waals surface area contributed by atoms with Crippen LogP contribution in [0, 0.1) is 23.4 Å². The fraction of sp³-hybridized carbons (Fsp3) is 0.320. The van der Waals surface area contributed by atoms with Crippen molar-refractivity contribution in [2.45, 2.75) is 44.8 Å². The molecule has 1 fully saturated rings. The van der Waals surface area contributed by atoms with E-state index in [1.54, 1.807) is 12.3 Å². The van der Waals surface area contributed by atoms with Crippen LogP contribution in [-0.4, -0.2) is 28.5 Å². The number of ether oxygens (including phenoxy) is 1. The summed E-state index contributed by atoms with van der Waals surface area (Å²) in [6.07, 6.45) is 5.61. The number of nitrogens with two attached hydrogens (primary N) is 1. The van der Waals surface area contributed by atoms with Gasteiger partial charge in [-0.25, -0.2) is 18.2 Å². The van der Waals surface area contributed by atoms with Crippen molar-refractivity contribution in [1.82, 2.24) is 9.97 Å². The summed E-state index contributed by atoms with van der Waals surface area (Å²) in [4.78, 5) is 20.9. The van der Waals surface area contributed by atoms with Gasteiger partial charge in [-0.3, -0.25) is 9.78 Å². The third-order valence-corrected chi connectivity index (χ3v) is 6.08. The molecule has 4 rings (SSSR count). The number of aromatic nitrogens is 2. The van der Waals surface area contributed by atoms with Crippen molar-refractivity contribution in [2.24, 2.45) is 11.7 Å². The van der Waals surface area contributed by atoms with Crippen LogP contribution in [0.2, 0.25) is 0 Å². The molecule has 3 N–H and O–H groups in total. The van der Waals surface area contributed by atoms with Crippen LogP contribution in [0.4, 0.5) is 27.6 Å². The van der Waals surface area contributed by atoms with E-state index < -0.39 is 47.0 Å². The van der Waals surface area contributed by atoms with Crippen molar-refractivity contribution < 1.29 is 31.5 Å². The Morgan fingerprint density at radius 3 is 2.47 bits per heavy atom. The first kappa shape index (κ1) is 25.5. The Bertz CT molecular complexity index is 1240. The normalized spacial score (nSPS) is 19.8. The van der Waals surface area contributed by atoms with Gasteiger partial charge in [0.05, 0.1) is 17.4 Å².